The lowest BCUT2D eigenvalue weighted by atomic mass is 9.87. The highest BCUT2D eigenvalue weighted by atomic mass is 15.0. The van der Waals surface area contributed by atoms with Crippen molar-refractivity contribution in [3.05, 3.63) is 131 Å². The Labute approximate surface area is 246 Å². The molecule has 4 aromatic rings. The van der Waals surface area contributed by atoms with Crippen molar-refractivity contribution in [2.45, 2.75) is 58.8 Å². The monoisotopic (exact) mass is 544 g/mol. The molecule has 0 fully saturated rings. The number of hydrogen-bond acceptors (Lipinski definition) is 2. The molecule has 0 aromatic heterocycles. The summed E-state index contributed by atoms with van der Waals surface area (Å²) in [7, 11) is 0. The highest BCUT2D eigenvalue weighted by Crippen LogP contribution is 2.25. The van der Waals surface area contributed by atoms with Crippen molar-refractivity contribution in [2.75, 3.05) is 23.7 Å². The van der Waals surface area contributed by atoms with Gasteiger partial charge in [-0.1, -0.05) is 126 Å². The molecule has 2 N–H and O–H groups in total. The van der Waals surface area contributed by atoms with Gasteiger partial charge >= 0.3 is 0 Å². The lowest BCUT2D eigenvalue weighted by Crippen LogP contribution is -2.16. The first-order valence-electron chi connectivity index (χ1n) is 14.5. The quantitative estimate of drug-likeness (QED) is 0.132. The van der Waals surface area contributed by atoms with Crippen LogP contribution in [-0.2, 0) is 10.8 Å². The Morgan fingerprint density at radius 2 is 0.829 bits per heavy atom. The van der Waals surface area contributed by atoms with E-state index in [9.17, 15) is 0 Å². The molecule has 0 heterocycles. The van der Waals surface area contributed by atoms with E-state index in [-0.39, 0.29) is 10.8 Å². The molecule has 0 spiro atoms. The van der Waals surface area contributed by atoms with E-state index in [0.29, 0.717) is 13.1 Å². The van der Waals surface area contributed by atoms with Gasteiger partial charge in [0.15, 0.2) is 0 Å². The van der Waals surface area contributed by atoms with Crippen molar-refractivity contribution in [1.29, 1.82) is 0 Å². The van der Waals surface area contributed by atoms with Gasteiger partial charge in [0.2, 0.25) is 0 Å². The van der Waals surface area contributed by atoms with E-state index in [2.05, 4.69) is 125 Å². The molecule has 0 bridgehead atoms. The fourth-order valence-electron chi connectivity index (χ4n) is 4.43. The second-order valence-corrected chi connectivity index (χ2v) is 12.5. The van der Waals surface area contributed by atoms with E-state index in [4.69, 9.17) is 9.98 Å². The average Bonchev–Trinajstić information content (AvgIpc) is 2.96. The summed E-state index contributed by atoms with van der Waals surface area (Å²) in [6.45, 7) is 14.7. The van der Waals surface area contributed by atoms with Gasteiger partial charge in [-0.2, -0.15) is 0 Å². The van der Waals surface area contributed by atoms with Crippen molar-refractivity contribution in [3.8, 4) is 0 Å². The second kappa shape index (κ2) is 13.5. The van der Waals surface area contributed by atoms with Crippen LogP contribution in [0.25, 0.3) is 0 Å². The Morgan fingerprint density at radius 3 is 1.15 bits per heavy atom. The Morgan fingerprint density at radius 1 is 0.488 bits per heavy atom. The largest absolute Gasteiger partial charge is 0.340 e. The van der Waals surface area contributed by atoms with Gasteiger partial charge in [-0.3, -0.25) is 9.98 Å². The summed E-state index contributed by atoms with van der Waals surface area (Å²) in [5.41, 5.74) is 7.08. The minimum absolute atomic E-state index is 0.124. The standard InChI is InChI=1S/C37H44N4/c1-36(2,3)30-18-22-32(23-19-30)40-34(28-14-9-7-10-15-28)38-26-13-27-39-35(29-16-11-8-12-17-29)41-33-24-20-31(21-25-33)37(4,5)6/h7-12,14-25H,13,26-27H2,1-6H3,(H,38,40)(H,39,41). The van der Waals surface area contributed by atoms with Gasteiger partial charge in [-0.05, 0) is 52.6 Å². The molecule has 4 nitrogen and oxygen atoms in total. The number of rotatable bonds is 8. The van der Waals surface area contributed by atoms with E-state index >= 15 is 0 Å². The van der Waals surface area contributed by atoms with E-state index in [1.54, 1.807) is 0 Å². The SMILES string of the molecule is CC(C)(C)c1ccc(NC(=NCCCN=C(Nc2ccc(C(C)(C)C)cc2)c2ccccc2)c2ccccc2)cc1. The summed E-state index contributed by atoms with van der Waals surface area (Å²) in [4.78, 5) is 9.93. The molecule has 212 valence electrons. The number of aliphatic imine (C=N–C) groups is 2. The lowest BCUT2D eigenvalue weighted by Gasteiger charge is -2.19. The maximum atomic E-state index is 4.96. The zero-order valence-corrected chi connectivity index (χ0v) is 25.4. The summed E-state index contributed by atoms with van der Waals surface area (Å²) < 4.78 is 0. The molecule has 0 saturated heterocycles. The first kappa shape index (κ1) is 29.8. The first-order valence-corrected chi connectivity index (χ1v) is 14.5. The Hall–Kier alpha value is -4.18. The molecule has 0 unspecified atom stereocenters. The Balaban J connectivity index is 1.46. The number of nitrogens with zero attached hydrogens (tertiary/aromatic N) is 2. The van der Waals surface area contributed by atoms with E-state index in [1.165, 1.54) is 11.1 Å². The first-order chi connectivity index (χ1) is 19.6. The molecule has 0 aliphatic carbocycles. The number of benzene rings is 4. The predicted octanol–water partition coefficient (Wildman–Crippen LogP) is 9.09. The molecule has 0 radical (unpaired) electrons. The highest BCUT2D eigenvalue weighted by Gasteiger charge is 2.14. The molecular weight excluding hydrogens is 500 g/mol. The minimum atomic E-state index is 0.124. The van der Waals surface area contributed by atoms with E-state index in [1.807, 2.05) is 36.4 Å². The molecule has 0 saturated carbocycles. The van der Waals surface area contributed by atoms with Crippen LogP contribution in [0.5, 0.6) is 0 Å². The third kappa shape index (κ3) is 8.91. The summed E-state index contributed by atoms with van der Waals surface area (Å²) >= 11 is 0. The van der Waals surface area contributed by atoms with Crippen LogP contribution in [0.4, 0.5) is 11.4 Å². The van der Waals surface area contributed by atoms with Crippen molar-refractivity contribution in [2.24, 2.45) is 9.98 Å². The van der Waals surface area contributed by atoms with Crippen molar-refractivity contribution in [1.82, 2.24) is 0 Å². The second-order valence-electron chi connectivity index (χ2n) is 12.5. The smallest absolute Gasteiger partial charge is 0.132 e. The Bertz CT molecular complexity index is 1310. The zero-order chi connectivity index (χ0) is 29.3. The van der Waals surface area contributed by atoms with Crippen LogP contribution in [0.15, 0.2) is 119 Å². The van der Waals surface area contributed by atoms with Crippen LogP contribution in [-0.4, -0.2) is 24.8 Å². The van der Waals surface area contributed by atoms with E-state index < -0.39 is 0 Å². The van der Waals surface area contributed by atoms with Crippen LogP contribution < -0.4 is 10.6 Å². The molecule has 41 heavy (non-hydrogen) atoms. The number of amidine groups is 2. The van der Waals surface area contributed by atoms with Crippen molar-refractivity contribution < 1.29 is 0 Å². The fourth-order valence-corrected chi connectivity index (χ4v) is 4.43. The molecule has 4 aromatic carbocycles. The molecule has 0 amide bonds. The molecule has 4 heteroatoms. The van der Waals surface area contributed by atoms with Crippen LogP contribution in [0.1, 0.15) is 70.2 Å². The van der Waals surface area contributed by atoms with Crippen LogP contribution in [0, 0.1) is 0 Å². The van der Waals surface area contributed by atoms with Gasteiger partial charge in [-0.15, -0.1) is 0 Å². The molecule has 0 aliphatic rings. The van der Waals surface area contributed by atoms with Gasteiger partial charge in [0.05, 0.1) is 0 Å². The third-order valence-corrected chi connectivity index (χ3v) is 6.98. The average molecular weight is 545 g/mol. The maximum absolute atomic E-state index is 4.96. The summed E-state index contributed by atoms with van der Waals surface area (Å²) in [6.07, 6.45) is 0.835. The zero-order valence-electron chi connectivity index (χ0n) is 25.4. The van der Waals surface area contributed by atoms with Gasteiger partial charge in [-0.25, -0.2) is 0 Å². The third-order valence-electron chi connectivity index (χ3n) is 6.98. The van der Waals surface area contributed by atoms with Crippen LogP contribution in [0.2, 0.25) is 0 Å². The topological polar surface area (TPSA) is 48.8 Å². The van der Waals surface area contributed by atoms with Gasteiger partial charge < -0.3 is 10.6 Å². The number of anilines is 2. The highest BCUT2D eigenvalue weighted by molar-refractivity contribution is 6.09. The summed E-state index contributed by atoms with van der Waals surface area (Å²) in [5.74, 6) is 1.75. The fraction of sp³-hybridized carbons (Fsp3) is 0.297. The predicted molar refractivity (Wildman–Crippen MR) is 178 cm³/mol. The van der Waals surface area contributed by atoms with Gasteiger partial charge in [0.25, 0.3) is 0 Å². The summed E-state index contributed by atoms with van der Waals surface area (Å²) in [5, 5.41) is 7.10. The van der Waals surface area contributed by atoms with Crippen molar-refractivity contribution in [3.63, 3.8) is 0 Å². The molecule has 0 aliphatic heterocycles. The minimum Gasteiger partial charge on any atom is -0.340 e. The number of nitrogens with one attached hydrogen (secondary N) is 2. The molecular formula is C37H44N4. The lowest BCUT2D eigenvalue weighted by molar-refractivity contribution is 0.590. The van der Waals surface area contributed by atoms with Crippen molar-refractivity contribution >= 4 is 23.0 Å². The van der Waals surface area contributed by atoms with Gasteiger partial charge in [0.1, 0.15) is 11.7 Å². The number of hydrogen-bond donors (Lipinski definition) is 2. The van der Waals surface area contributed by atoms with Crippen LogP contribution >= 0.6 is 0 Å². The molecule has 4 rings (SSSR count). The molecule has 0 atom stereocenters. The summed E-state index contributed by atoms with van der Waals surface area (Å²) in [6, 6.07) is 37.9. The van der Waals surface area contributed by atoms with Gasteiger partial charge in [0, 0.05) is 35.6 Å². The Kier molecular flexibility index (Phi) is 9.78. The maximum Gasteiger partial charge on any atom is 0.132 e. The van der Waals surface area contributed by atoms with E-state index in [0.717, 1.165) is 40.6 Å². The van der Waals surface area contributed by atoms with Crippen LogP contribution in [0.3, 0.4) is 0 Å². The normalized spacial score (nSPS) is 12.7.